The second-order valence-electron chi connectivity index (χ2n) is 8.56. The van der Waals surface area contributed by atoms with Crippen LogP contribution in [0.1, 0.15) is 37.0 Å². The fourth-order valence-electron chi connectivity index (χ4n) is 4.06. The number of hydrogen-bond acceptors (Lipinski definition) is 7. The van der Waals surface area contributed by atoms with E-state index in [9.17, 15) is 18.0 Å². The number of benzene rings is 2. The summed E-state index contributed by atoms with van der Waals surface area (Å²) in [6.07, 6.45) is 3.80. The van der Waals surface area contributed by atoms with Gasteiger partial charge in [0.25, 0.3) is 0 Å². The van der Waals surface area contributed by atoms with Crippen LogP contribution in [-0.4, -0.2) is 69.8 Å². The molecule has 0 atom stereocenters. The van der Waals surface area contributed by atoms with Gasteiger partial charge in [-0.1, -0.05) is 6.07 Å². The minimum absolute atomic E-state index is 0.0599. The predicted molar refractivity (Wildman–Crippen MR) is 140 cm³/mol. The Balaban J connectivity index is 0.000000568. The molecule has 0 bridgehead atoms. The summed E-state index contributed by atoms with van der Waals surface area (Å²) in [5.41, 5.74) is 2.11. The van der Waals surface area contributed by atoms with Crippen LogP contribution in [0.15, 0.2) is 59.6 Å². The van der Waals surface area contributed by atoms with E-state index in [1.165, 1.54) is 4.31 Å². The number of piperidine rings is 1. The van der Waals surface area contributed by atoms with Gasteiger partial charge in [-0.2, -0.15) is 4.31 Å². The van der Waals surface area contributed by atoms with Gasteiger partial charge in [0.2, 0.25) is 10.0 Å². The zero-order valence-electron chi connectivity index (χ0n) is 21.6. The van der Waals surface area contributed by atoms with E-state index in [4.69, 9.17) is 4.74 Å². The van der Waals surface area contributed by atoms with Gasteiger partial charge < -0.3 is 23.6 Å². The van der Waals surface area contributed by atoms with Gasteiger partial charge in [-0.05, 0) is 69.2 Å². The molecule has 2 aromatic carbocycles. The van der Waals surface area contributed by atoms with Crippen LogP contribution in [0.5, 0.6) is 0 Å². The van der Waals surface area contributed by atoms with Crippen molar-refractivity contribution in [2.24, 2.45) is 5.92 Å². The summed E-state index contributed by atoms with van der Waals surface area (Å²) in [4.78, 5) is 23.4. The molecule has 0 unspecified atom stereocenters. The number of carbonyl (C=O) groups excluding carboxylic acids is 2. The molecule has 0 spiro atoms. The largest absolute Gasteiger partial charge is 0.462 e. The molecule has 1 fully saturated rings. The fourth-order valence-corrected chi connectivity index (χ4v) is 5.53. The first-order chi connectivity index (χ1) is 17.8. The minimum Gasteiger partial charge on any atom is -0.462 e. The van der Waals surface area contributed by atoms with Crippen LogP contribution in [0.2, 0.25) is 0 Å². The Hall–Kier alpha value is -3.05. The average Bonchev–Trinajstić information content (AvgIpc) is 3.37. The van der Waals surface area contributed by atoms with Crippen molar-refractivity contribution in [3.05, 3.63) is 60.3 Å². The molecule has 200 valence electrons. The number of sulfonamides is 1. The molecular formula is C27H34N2O7S. The summed E-state index contributed by atoms with van der Waals surface area (Å²) in [5, 5.41) is 0.774. The zero-order valence-corrected chi connectivity index (χ0v) is 22.4. The number of aromatic nitrogens is 1. The van der Waals surface area contributed by atoms with Crippen molar-refractivity contribution in [3.63, 3.8) is 0 Å². The molecule has 0 saturated carbocycles. The first-order valence-electron chi connectivity index (χ1n) is 12.2. The summed E-state index contributed by atoms with van der Waals surface area (Å²) in [6.45, 7) is 4.61. The zero-order chi connectivity index (χ0) is 27.0. The number of fused-ring (bicyclic) bond motifs is 1. The molecule has 1 saturated heterocycles. The fraction of sp³-hybridized carbons (Fsp3) is 0.407. The van der Waals surface area contributed by atoms with Gasteiger partial charge in [0.1, 0.15) is 6.29 Å². The van der Waals surface area contributed by atoms with Gasteiger partial charge >= 0.3 is 5.97 Å². The standard InChI is InChI=1S/C23H24N2O5S.C4H10O2/c1-2-30-23(27)21-4-3-5-22-20(21)12-15-25(22)18-6-8-19(9-7-18)31(28,29)24-13-10-17(16-26)11-14-24;1-4(5-2)6-3/h3-9,12,15-17H,2,10-11,13-14H2,1H3;4H,1-3H3. The maximum absolute atomic E-state index is 13.0. The van der Waals surface area contributed by atoms with Crippen molar-refractivity contribution in [3.8, 4) is 5.69 Å². The van der Waals surface area contributed by atoms with Gasteiger partial charge in [0.05, 0.1) is 22.6 Å². The van der Waals surface area contributed by atoms with E-state index in [0.717, 1.165) is 22.9 Å². The lowest BCUT2D eigenvalue weighted by molar-refractivity contribution is -0.112. The number of aldehydes is 1. The van der Waals surface area contributed by atoms with Crippen LogP contribution in [0.3, 0.4) is 0 Å². The molecule has 9 nitrogen and oxygen atoms in total. The molecule has 0 radical (unpaired) electrons. The summed E-state index contributed by atoms with van der Waals surface area (Å²) >= 11 is 0. The van der Waals surface area contributed by atoms with Crippen molar-refractivity contribution in [1.82, 2.24) is 8.87 Å². The third-order valence-electron chi connectivity index (χ3n) is 6.34. The molecule has 0 amide bonds. The molecule has 3 aromatic rings. The second-order valence-corrected chi connectivity index (χ2v) is 10.5. The summed E-state index contributed by atoms with van der Waals surface area (Å²) < 4.78 is 43.7. The Morgan fingerprint density at radius 2 is 1.70 bits per heavy atom. The van der Waals surface area contributed by atoms with Crippen LogP contribution in [-0.2, 0) is 29.0 Å². The Morgan fingerprint density at radius 1 is 1.05 bits per heavy atom. The maximum Gasteiger partial charge on any atom is 0.338 e. The van der Waals surface area contributed by atoms with Crippen molar-refractivity contribution in [1.29, 1.82) is 0 Å². The summed E-state index contributed by atoms with van der Waals surface area (Å²) in [5.74, 6) is -0.430. The van der Waals surface area contributed by atoms with Gasteiger partial charge in [-0.3, -0.25) is 0 Å². The van der Waals surface area contributed by atoms with Gasteiger partial charge in [0, 0.05) is 50.5 Å². The van der Waals surface area contributed by atoms with Crippen LogP contribution in [0, 0.1) is 5.92 Å². The second kappa shape index (κ2) is 13.0. The number of esters is 1. The van der Waals surface area contributed by atoms with E-state index in [1.54, 1.807) is 57.5 Å². The molecule has 4 rings (SSSR count). The highest BCUT2D eigenvalue weighted by Gasteiger charge is 2.29. The molecular weight excluding hydrogens is 496 g/mol. The van der Waals surface area contributed by atoms with E-state index in [1.807, 2.05) is 29.8 Å². The summed E-state index contributed by atoms with van der Waals surface area (Å²) in [7, 11) is -0.388. The number of rotatable bonds is 8. The normalized spacial score (nSPS) is 14.8. The Bertz CT molecular complexity index is 1290. The van der Waals surface area contributed by atoms with Crippen LogP contribution in [0.25, 0.3) is 16.6 Å². The quantitative estimate of drug-likeness (QED) is 0.246. The average molecular weight is 531 g/mol. The molecule has 1 aromatic heterocycles. The lowest BCUT2D eigenvalue weighted by Crippen LogP contribution is -2.38. The van der Waals surface area contributed by atoms with Crippen molar-refractivity contribution >= 4 is 33.2 Å². The minimum atomic E-state index is -3.60. The SMILES string of the molecule is CCOC(=O)c1cccc2c1ccn2-c1ccc(S(=O)(=O)N2CCC(C=O)CC2)cc1.COC(C)OC. The molecule has 10 heteroatoms. The van der Waals surface area contributed by atoms with Crippen LogP contribution in [0.4, 0.5) is 0 Å². The van der Waals surface area contributed by atoms with Gasteiger partial charge in [-0.15, -0.1) is 0 Å². The number of nitrogens with zero attached hydrogens (tertiary/aromatic N) is 2. The van der Waals surface area contributed by atoms with E-state index in [-0.39, 0.29) is 23.1 Å². The number of ether oxygens (including phenoxy) is 3. The summed E-state index contributed by atoms with van der Waals surface area (Å²) in [6, 6.07) is 14.0. The van der Waals surface area contributed by atoms with E-state index < -0.39 is 10.0 Å². The first kappa shape index (κ1) is 28.5. The highest BCUT2D eigenvalue weighted by molar-refractivity contribution is 7.89. The lowest BCUT2D eigenvalue weighted by atomic mass is 10.0. The Labute approximate surface area is 218 Å². The Morgan fingerprint density at radius 3 is 2.24 bits per heavy atom. The van der Waals surface area contributed by atoms with Crippen LogP contribution >= 0.6 is 0 Å². The number of methoxy groups -OCH3 is 2. The van der Waals surface area contributed by atoms with E-state index in [2.05, 4.69) is 9.47 Å². The Kier molecular flexibility index (Phi) is 9.99. The third kappa shape index (κ3) is 6.64. The highest BCUT2D eigenvalue weighted by Crippen LogP contribution is 2.27. The number of carbonyl (C=O) groups is 2. The highest BCUT2D eigenvalue weighted by atomic mass is 32.2. The number of hydrogen-bond donors (Lipinski definition) is 0. The van der Waals surface area contributed by atoms with Gasteiger partial charge in [-0.25, -0.2) is 13.2 Å². The van der Waals surface area contributed by atoms with Crippen molar-refractivity contribution in [2.75, 3.05) is 33.9 Å². The monoisotopic (exact) mass is 530 g/mol. The third-order valence-corrected chi connectivity index (χ3v) is 8.25. The van der Waals surface area contributed by atoms with E-state index in [0.29, 0.717) is 38.1 Å². The first-order valence-corrected chi connectivity index (χ1v) is 13.6. The lowest BCUT2D eigenvalue weighted by Gasteiger charge is -2.28. The molecule has 37 heavy (non-hydrogen) atoms. The molecule has 1 aliphatic heterocycles. The molecule has 2 heterocycles. The van der Waals surface area contributed by atoms with E-state index >= 15 is 0 Å². The maximum atomic E-state index is 13.0. The van der Waals surface area contributed by atoms with Crippen molar-refractivity contribution < 1.29 is 32.2 Å². The molecule has 1 aliphatic rings. The van der Waals surface area contributed by atoms with Crippen molar-refractivity contribution in [2.45, 2.75) is 37.9 Å². The molecule has 0 N–H and O–H groups in total. The van der Waals surface area contributed by atoms with Gasteiger partial charge in [0.15, 0.2) is 6.29 Å². The molecule has 0 aliphatic carbocycles. The predicted octanol–water partition coefficient (Wildman–Crippen LogP) is 4.03. The van der Waals surface area contributed by atoms with Crippen LogP contribution < -0.4 is 0 Å². The topological polar surface area (TPSA) is 104 Å². The smallest absolute Gasteiger partial charge is 0.338 e.